The van der Waals surface area contributed by atoms with Gasteiger partial charge in [-0.25, -0.2) is 0 Å². The molecule has 0 amide bonds. The van der Waals surface area contributed by atoms with Gasteiger partial charge in [-0.3, -0.25) is 0 Å². The maximum atomic E-state index is 4.17. The molecule has 0 N–H and O–H groups in total. The smallest absolute Gasteiger partial charge is 0.0725 e. The maximum Gasteiger partial charge on any atom is 0.0725 e. The number of allylic oxidation sites excluding steroid dienone is 5. The number of benzene rings is 3. The zero-order valence-electron chi connectivity index (χ0n) is 15.8. The number of hydrogen-bond acceptors (Lipinski definition) is 0. The van der Waals surface area contributed by atoms with E-state index in [0.29, 0.717) is 0 Å². The third kappa shape index (κ3) is 1.88. The third-order valence-electron chi connectivity index (χ3n) is 6.05. The maximum absolute atomic E-state index is 4.17. The minimum Gasteiger partial charge on any atom is -0.0984 e. The summed E-state index contributed by atoms with van der Waals surface area (Å²) in [7, 11) is 0. The lowest BCUT2D eigenvalue weighted by molar-refractivity contribution is 0.785. The van der Waals surface area contributed by atoms with Gasteiger partial charge in [-0.05, 0) is 58.4 Å². The first-order valence-electron chi connectivity index (χ1n) is 9.54. The number of fused-ring (bicyclic) bond motifs is 7. The van der Waals surface area contributed by atoms with Crippen LogP contribution >= 0.6 is 0 Å². The molecule has 0 saturated heterocycles. The Labute approximate surface area is 161 Å². The van der Waals surface area contributed by atoms with Gasteiger partial charge in [-0.2, -0.15) is 0 Å². The lowest BCUT2D eigenvalue weighted by Gasteiger charge is -2.31. The van der Waals surface area contributed by atoms with Crippen molar-refractivity contribution >= 4 is 5.57 Å². The predicted molar refractivity (Wildman–Crippen MR) is 115 cm³/mol. The van der Waals surface area contributed by atoms with E-state index in [1.54, 1.807) is 0 Å². The molecule has 3 aromatic carbocycles. The highest BCUT2D eigenvalue weighted by atomic mass is 14.5. The Bertz CT molecular complexity index is 1110. The Hall–Kier alpha value is -3.12. The molecule has 1 spiro atoms. The molecule has 0 nitrogen and oxygen atoms in total. The fraction of sp³-hybridized carbons (Fsp3) is 0.111. The van der Waals surface area contributed by atoms with E-state index >= 15 is 0 Å². The first-order valence-corrected chi connectivity index (χ1v) is 9.54. The van der Waals surface area contributed by atoms with Crippen LogP contribution in [0.1, 0.15) is 34.7 Å². The van der Waals surface area contributed by atoms with Crippen LogP contribution in [0.25, 0.3) is 16.7 Å². The SMILES string of the molecule is C=CC1=C(/C=C\C)C2(c3cc(C)ccc31)c1ccccc1-c1ccccc12. The fourth-order valence-corrected chi connectivity index (χ4v) is 5.11. The van der Waals surface area contributed by atoms with Crippen LogP contribution in [0.4, 0.5) is 0 Å². The zero-order valence-corrected chi connectivity index (χ0v) is 15.8. The molecule has 0 saturated carbocycles. The molecule has 0 radical (unpaired) electrons. The van der Waals surface area contributed by atoms with Crippen LogP contribution in [0, 0.1) is 6.92 Å². The van der Waals surface area contributed by atoms with E-state index in [4.69, 9.17) is 0 Å². The van der Waals surface area contributed by atoms with Gasteiger partial charge < -0.3 is 0 Å². The summed E-state index contributed by atoms with van der Waals surface area (Å²) in [4.78, 5) is 0. The highest BCUT2D eigenvalue weighted by Gasteiger charge is 2.51. The number of hydrogen-bond donors (Lipinski definition) is 0. The quantitative estimate of drug-likeness (QED) is 0.476. The Kier molecular flexibility index (Phi) is 3.39. The van der Waals surface area contributed by atoms with Crippen LogP contribution < -0.4 is 0 Å². The second kappa shape index (κ2) is 5.69. The van der Waals surface area contributed by atoms with Crippen molar-refractivity contribution in [3.05, 3.63) is 125 Å². The molecule has 2 aliphatic rings. The summed E-state index contributed by atoms with van der Waals surface area (Å²) in [5.74, 6) is 0. The van der Waals surface area contributed by atoms with Crippen molar-refractivity contribution < 1.29 is 0 Å². The summed E-state index contributed by atoms with van der Waals surface area (Å²) < 4.78 is 0. The molecule has 0 heterocycles. The van der Waals surface area contributed by atoms with Crippen LogP contribution in [0.15, 0.2) is 97.1 Å². The first kappa shape index (κ1) is 16.1. The van der Waals surface area contributed by atoms with Crippen LogP contribution in [0.3, 0.4) is 0 Å². The molecule has 5 rings (SSSR count). The summed E-state index contributed by atoms with van der Waals surface area (Å²) >= 11 is 0. The minimum atomic E-state index is -0.259. The molecule has 0 fully saturated rings. The Morgan fingerprint density at radius 2 is 1.41 bits per heavy atom. The lowest BCUT2D eigenvalue weighted by atomic mass is 9.69. The molecule has 3 aromatic rings. The Morgan fingerprint density at radius 3 is 2.00 bits per heavy atom. The van der Waals surface area contributed by atoms with E-state index in [2.05, 4.69) is 99.3 Å². The van der Waals surface area contributed by atoms with Crippen molar-refractivity contribution in [3.63, 3.8) is 0 Å². The van der Waals surface area contributed by atoms with Crippen molar-refractivity contribution in [2.24, 2.45) is 0 Å². The largest absolute Gasteiger partial charge is 0.0984 e. The standard InChI is InChI=1S/C27H22/c1-4-10-23-19(5-2)22-16-15-18(3)17-26(22)27(23)24-13-8-6-11-20(24)21-12-7-9-14-25(21)27/h4-17H,2H2,1,3H3/b10-4-. The van der Waals surface area contributed by atoms with E-state index in [1.807, 2.05) is 6.08 Å². The molecule has 0 unspecified atom stereocenters. The molecule has 0 atom stereocenters. The molecule has 130 valence electrons. The molecular formula is C27H22. The summed E-state index contributed by atoms with van der Waals surface area (Å²) in [6.07, 6.45) is 6.47. The predicted octanol–water partition coefficient (Wildman–Crippen LogP) is 6.84. The molecule has 0 aliphatic heterocycles. The second-order valence-corrected chi connectivity index (χ2v) is 7.42. The summed E-state index contributed by atoms with van der Waals surface area (Å²) in [5, 5.41) is 0. The highest BCUT2D eigenvalue weighted by molar-refractivity contribution is 5.97. The monoisotopic (exact) mass is 346 g/mol. The lowest BCUT2D eigenvalue weighted by Crippen LogP contribution is -2.26. The van der Waals surface area contributed by atoms with Gasteiger partial charge in [0.15, 0.2) is 0 Å². The molecule has 0 bridgehead atoms. The molecule has 2 aliphatic carbocycles. The van der Waals surface area contributed by atoms with Gasteiger partial charge in [0.05, 0.1) is 5.41 Å². The zero-order chi connectivity index (χ0) is 18.6. The average molecular weight is 346 g/mol. The Balaban J connectivity index is 2.03. The van der Waals surface area contributed by atoms with Gasteiger partial charge in [0, 0.05) is 0 Å². The van der Waals surface area contributed by atoms with Gasteiger partial charge in [0.1, 0.15) is 0 Å². The van der Waals surface area contributed by atoms with Crippen LogP contribution in [-0.2, 0) is 5.41 Å². The normalized spacial score (nSPS) is 15.9. The molecular weight excluding hydrogens is 324 g/mol. The summed E-state index contributed by atoms with van der Waals surface area (Å²) in [5.41, 5.74) is 11.7. The average Bonchev–Trinajstić information content (AvgIpc) is 3.14. The topological polar surface area (TPSA) is 0 Å². The van der Waals surface area contributed by atoms with E-state index in [0.717, 1.165) is 0 Å². The van der Waals surface area contributed by atoms with Crippen molar-refractivity contribution in [2.45, 2.75) is 19.3 Å². The van der Waals surface area contributed by atoms with Gasteiger partial charge in [0.2, 0.25) is 0 Å². The van der Waals surface area contributed by atoms with Crippen molar-refractivity contribution in [2.75, 3.05) is 0 Å². The molecule has 0 aromatic heterocycles. The number of rotatable bonds is 2. The van der Waals surface area contributed by atoms with E-state index in [-0.39, 0.29) is 5.41 Å². The van der Waals surface area contributed by atoms with Crippen molar-refractivity contribution in [3.8, 4) is 11.1 Å². The van der Waals surface area contributed by atoms with Crippen molar-refractivity contribution in [1.29, 1.82) is 0 Å². The van der Waals surface area contributed by atoms with Crippen LogP contribution in [0.2, 0.25) is 0 Å². The third-order valence-corrected chi connectivity index (χ3v) is 6.05. The van der Waals surface area contributed by atoms with Gasteiger partial charge in [-0.1, -0.05) is 97.1 Å². The molecule has 0 heteroatoms. The summed E-state index contributed by atoms with van der Waals surface area (Å²) in [6.45, 7) is 8.45. The van der Waals surface area contributed by atoms with Crippen LogP contribution in [-0.4, -0.2) is 0 Å². The van der Waals surface area contributed by atoms with Crippen molar-refractivity contribution in [1.82, 2.24) is 0 Å². The van der Waals surface area contributed by atoms with Gasteiger partial charge >= 0.3 is 0 Å². The first-order chi connectivity index (χ1) is 13.2. The Morgan fingerprint density at radius 1 is 0.778 bits per heavy atom. The van der Waals surface area contributed by atoms with E-state index in [1.165, 1.54) is 50.1 Å². The summed E-state index contributed by atoms with van der Waals surface area (Å²) in [6, 6.07) is 24.6. The van der Waals surface area contributed by atoms with E-state index < -0.39 is 0 Å². The number of aryl methyl sites for hydroxylation is 1. The van der Waals surface area contributed by atoms with Crippen LogP contribution in [0.5, 0.6) is 0 Å². The molecule has 27 heavy (non-hydrogen) atoms. The second-order valence-electron chi connectivity index (χ2n) is 7.42. The van der Waals surface area contributed by atoms with Gasteiger partial charge in [0.25, 0.3) is 0 Å². The van der Waals surface area contributed by atoms with E-state index in [9.17, 15) is 0 Å². The fourth-order valence-electron chi connectivity index (χ4n) is 5.11. The van der Waals surface area contributed by atoms with Gasteiger partial charge in [-0.15, -0.1) is 0 Å². The highest BCUT2D eigenvalue weighted by Crippen LogP contribution is 2.62. The minimum absolute atomic E-state index is 0.259.